The van der Waals surface area contributed by atoms with E-state index in [0.717, 1.165) is 5.56 Å². The van der Waals surface area contributed by atoms with Gasteiger partial charge in [-0.3, -0.25) is 15.0 Å². The number of imide groups is 1. The first-order valence-electron chi connectivity index (χ1n) is 7.95. The van der Waals surface area contributed by atoms with Gasteiger partial charge in [-0.2, -0.15) is 4.31 Å². The Morgan fingerprint density at radius 3 is 2.20 bits per heavy atom. The second-order valence-electron chi connectivity index (χ2n) is 5.91. The molecule has 0 spiro atoms. The fourth-order valence-corrected chi connectivity index (χ4v) is 4.03. The van der Waals surface area contributed by atoms with Crippen LogP contribution < -0.4 is 5.32 Å². The van der Waals surface area contributed by atoms with Gasteiger partial charge in [-0.15, -0.1) is 0 Å². The zero-order valence-electron chi connectivity index (χ0n) is 14.6. The van der Waals surface area contributed by atoms with E-state index in [1.165, 1.54) is 11.4 Å². The lowest BCUT2D eigenvalue weighted by atomic mass is 10.2. The third kappa shape index (κ3) is 4.56. The van der Waals surface area contributed by atoms with Crippen molar-refractivity contribution in [3.05, 3.63) is 29.8 Å². The molecule has 1 N–H and O–H groups in total. The number of rotatable bonds is 4. The van der Waals surface area contributed by atoms with Gasteiger partial charge in [0.2, 0.25) is 15.9 Å². The van der Waals surface area contributed by atoms with Crippen LogP contribution in [0.25, 0.3) is 0 Å². The van der Waals surface area contributed by atoms with Crippen LogP contribution in [0.4, 0.5) is 4.79 Å². The van der Waals surface area contributed by atoms with Crippen molar-refractivity contribution in [1.82, 2.24) is 14.5 Å². The van der Waals surface area contributed by atoms with Crippen LogP contribution in [0.5, 0.6) is 0 Å². The molecule has 0 radical (unpaired) electrons. The lowest BCUT2D eigenvalue weighted by molar-refractivity contribution is -0.125. The topological polar surface area (TPSA) is 96.0 Å². The number of amides is 2. The van der Waals surface area contributed by atoms with Crippen LogP contribution in [0, 0.1) is 6.92 Å². The molecule has 1 atom stereocenters. The van der Waals surface area contributed by atoms with Gasteiger partial charge in [0, 0.05) is 26.2 Å². The maximum atomic E-state index is 12.7. The van der Waals surface area contributed by atoms with Crippen LogP contribution in [-0.4, -0.2) is 69.0 Å². The van der Waals surface area contributed by atoms with Crippen LogP contribution in [0.15, 0.2) is 29.2 Å². The van der Waals surface area contributed by atoms with Crippen molar-refractivity contribution in [1.29, 1.82) is 0 Å². The summed E-state index contributed by atoms with van der Waals surface area (Å²) in [6.45, 7) is 4.94. The Morgan fingerprint density at radius 1 is 1.12 bits per heavy atom. The number of carbonyl (C=O) groups is 2. The summed E-state index contributed by atoms with van der Waals surface area (Å²) < 4.78 is 31.1. The van der Waals surface area contributed by atoms with E-state index < -0.39 is 28.1 Å². The molecule has 1 heterocycles. The number of ether oxygens (including phenoxy) is 1. The second kappa shape index (κ2) is 7.94. The first-order chi connectivity index (χ1) is 11.8. The largest absolute Gasteiger partial charge is 0.453 e. The standard InChI is InChI=1S/C16H23N3O5S/c1-12-4-6-14(7-5-12)25(22,23)19-10-8-18(9-11-19)13(2)15(20)17-16(21)24-3/h4-7,13H,8-11H2,1-3H3,(H,17,20,21)/t13-/m0/s1. The van der Waals surface area contributed by atoms with Crippen molar-refractivity contribution in [2.45, 2.75) is 24.8 Å². The summed E-state index contributed by atoms with van der Waals surface area (Å²) in [6, 6.07) is 6.18. The lowest BCUT2D eigenvalue weighted by Gasteiger charge is -2.36. The molecule has 1 aromatic carbocycles. The predicted octanol–water partition coefficient (Wildman–Crippen LogP) is 0.572. The highest BCUT2D eigenvalue weighted by atomic mass is 32.2. The smallest absolute Gasteiger partial charge is 0.413 e. The van der Waals surface area contributed by atoms with Crippen molar-refractivity contribution < 1.29 is 22.7 Å². The molecular weight excluding hydrogens is 346 g/mol. The zero-order valence-corrected chi connectivity index (χ0v) is 15.4. The minimum atomic E-state index is -3.54. The number of hydrogen-bond acceptors (Lipinski definition) is 6. The van der Waals surface area contributed by atoms with Crippen LogP contribution in [0.3, 0.4) is 0 Å². The minimum Gasteiger partial charge on any atom is -0.453 e. The van der Waals surface area contributed by atoms with Gasteiger partial charge in [-0.05, 0) is 26.0 Å². The van der Waals surface area contributed by atoms with Gasteiger partial charge in [0.05, 0.1) is 18.0 Å². The monoisotopic (exact) mass is 369 g/mol. The first-order valence-corrected chi connectivity index (χ1v) is 9.39. The van der Waals surface area contributed by atoms with Crippen LogP contribution >= 0.6 is 0 Å². The molecule has 0 aliphatic carbocycles. The van der Waals surface area contributed by atoms with Crippen LogP contribution in [-0.2, 0) is 19.6 Å². The normalized spacial score (nSPS) is 17.7. The fraction of sp³-hybridized carbons (Fsp3) is 0.500. The molecule has 138 valence electrons. The number of aryl methyl sites for hydroxylation is 1. The molecule has 2 rings (SSSR count). The van der Waals surface area contributed by atoms with Gasteiger partial charge in [-0.25, -0.2) is 13.2 Å². The number of benzene rings is 1. The minimum absolute atomic E-state index is 0.267. The molecule has 0 saturated carbocycles. The van der Waals surface area contributed by atoms with E-state index in [2.05, 4.69) is 10.1 Å². The molecular formula is C16H23N3O5S. The Labute approximate surface area is 147 Å². The maximum absolute atomic E-state index is 12.7. The van der Waals surface area contributed by atoms with Gasteiger partial charge in [0.25, 0.3) is 0 Å². The Kier molecular flexibility index (Phi) is 6.15. The van der Waals surface area contributed by atoms with Gasteiger partial charge >= 0.3 is 6.09 Å². The molecule has 1 saturated heterocycles. The molecule has 0 unspecified atom stereocenters. The van der Waals surface area contributed by atoms with Gasteiger partial charge in [0.1, 0.15) is 0 Å². The molecule has 25 heavy (non-hydrogen) atoms. The Hall–Kier alpha value is -1.97. The molecule has 2 amide bonds. The lowest BCUT2D eigenvalue weighted by Crippen LogP contribution is -2.55. The number of nitrogens with zero attached hydrogens (tertiary/aromatic N) is 2. The first kappa shape index (κ1) is 19.4. The number of hydrogen-bond donors (Lipinski definition) is 1. The summed E-state index contributed by atoms with van der Waals surface area (Å²) in [5.41, 5.74) is 0.995. The summed E-state index contributed by atoms with van der Waals surface area (Å²) in [4.78, 5) is 25.2. The van der Waals surface area contributed by atoms with Crippen molar-refractivity contribution in [3.8, 4) is 0 Å². The molecule has 8 nitrogen and oxygen atoms in total. The van der Waals surface area contributed by atoms with Gasteiger partial charge < -0.3 is 4.74 Å². The number of sulfonamides is 1. The van der Waals surface area contributed by atoms with E-state index in [1.54, 1.807) is 31.2 Å². The van der Waals surface area contributed by atoms with E-state index in [-0.39, 0.29) is 18.0 Å². The highest BCUT2D eigenvalue weighted by Crippen LogP contribution is 2.19. The second-order valence-corrected chi connectivity index (χ2v) is 7.85. The SMILES string of the molecule is COC(=O)NC(=O)[C@H](C)N1CCN(S(=O)(=O)c2ccc(C)cc2)CC1. The summed E-state index contributed by atoms with van der Waals surface area (Å²) in [5, 5.41) is 2.13. The maximum Gasteiger partial charge on any atom is 0.413 e. The van der Waals surface area contributed by atoms with E-state index in [9.17, 15) is 18.0 Å². The van der Waals surface area contributed by atoms with Crippen molar-refractivity contribution in [2.75, 3.05) is 33.3 Å². The Balaban J connectivity index is 1.98. The Bertz CT molecular complexity index is 725. The van der Waals surface area contributed by atoms with Crippen molar-refractivity contribution in [2.24, 2.45) is 0 Å². The van der Waals surface area contributed by atoms with Gasteiger partial charge in [-0.1, -0.05) is 17.7 Å². The Morgan fingerprint density at radius 2 is 1.68 bits per heavy atom. The molecule has 0 aromatic heterocycles. The average Bonchev–Trinajstić information content (AvgIpc) is 2.61. The highest BCUT2D eigenvalue weighted by Gasteiger charge is 2.32. The molecule has 9 heteroatoms. The van der Waals surface area contributed by atoms with Crippen molar-refractivity contribution in [3.63, 3.8) is 0 Å². The van der Waals surface area contributed by atoms with Gasteiger partial charge in [0.15, 0.2) is 0 Å². The van der Waals surface area contributed by atoms with Crippen LogP contribution in [0.2, 0.25) is 0 Å². The third-order valence-corrected chi connectivity index (χ3v) is 6.18. The number of carbonyl (C=O) groups excluding carboxylic acids is 2. The molecule has 1 aliphatic heterocycles. The van der Waals surface area contributed by atoms with E-state index in [4.69, 9.17) is 0 Å². The summed E-state index contributed by atoms with van der Waals surface area (Å²) >= 11 is 0. The van der Waals surface area contributed by atoms with E-state index in [1.807, 2.05) is 11.8 Å². The fourth-order valence-electron chi connectivity index (χ4n) is 2.61. The van der Waals surface area contributed by atoms with E-state index >= 15 is 0 Å². The molecule has 0 bridgehead atoms. The van der Waals surface area contributed by atoms with Crippen LogP contribution in [0.1, 0.15) is 12.5 Å². The summed E-state index contributed by atoms with van der Waals surface area (Å²) in [7, 11) is -2.36. The molecule has 1 aromatic rings. The third-order valence-electron chi connectivity index (χ3n) is 4.27. The number of nitrogens with one attached hydrogen (secondary N) is 1. The quantitative estimate of drug-likeness (QED) is 0.834. The zero-order chi connectivity index (χ0) is 18.6. The average molecular weight is 369 g/mol. The number of methoxy groups -OCH3 is 1. The number of piperazine rings is 1. The molecule has 1 fully saturated rings. The highest BCUT2D eigenvalue weighted by molar-refractivity contribution is 7.89. The number of alkyl carbamates (subject to hydrolysis) is 1. The predicted molar refractivity (Wildman–Crippen MR) is 91.5 cm³/mol. The van der Waals surface area contributed by atoms with Crippen molar-refractivity contribution >= 4 is 22.0 Å². The van der Waals surface area contributed by atoms with E-state index in [0.29, 0.717) is 13.1 Å². The molecule has 1 aliphatic rings. The summed E-state index contributed by atoms with van der Waals surface area (Å²) in [5.74, 6) is -0.471. The summed E-state index contributed by atoms with van der Waals surface area (Å²) in [6.07, 6.45) is -0.808.